The molecule has 0 saturated carbocycles. The number of anilines is 1. The minimum atomic E-state index is 0.253. The van der Waals surface area contributed by atoms with Crippen LogP contribution in [0.5, 0.6) is 0 Å². The predicted octanol–water partition coefficient (Wildman–Crippen LogP) is 4.58. The minimum Gasteiger partial charge on any atom is -0.359 e. The first-order valence-corrected chi connectivity index (χ1v) is 9.67. The van der Waals surface area contributed by atoms with Gasteiger partial charge in [-0.2, -0.15) is 0 Å². The topological polar surface area (TPSA) is 41.4 Å². The van der Waals surface area contributed by atoms with Gasteiger partial charge in [-0.1, -0.05) is 60.8 Å². The van der Waals surface area contributed by atoms with Gasteiger partial charge in [-0.15, -0.1) is 0 Å². The summed E-state index contributed by atoms with van der Waals surface area (Å²) in [4.78, 5) is 16.3. The molecule has 2 aliphatic carbocycles. The van der Waals surface area contributed by atoms with Crippen molar-refractivity contribution >= 4 is 23.2 Å². The van der Waals surface area contributed by atoms with Gasteiger partial charge in [0.1, 0.15) is 5.82 Å². The maximum absolute atomic E-state index is 4.98. The third-order valence-corrected chi connectivity index (χ3v) is 5.07. The average molecular weight is 368 g/mol. The molecular weight excluding hydrogens is 344 g/mol. The van der Waals surface area contributed by atoms with Gasteiger partial charge < -0.3 is 4.90 Å². The van der Waals surface area contributed by atoms with E-state index in [1.165, 1.54) is 5.57 Å². The molecule has 4 rings (SSSR count). The fraction of sp³-hybridized carbons (Fsp3) is 0.208. The zero-order chi connectivity index (χ0) is 19.3. The van der Waals surface area contributed by atoms with E-state index in [1.807, 2.05) is 25.5 Å². The highest BCUT2D eigenvalue weighted by atomic mass is 15.2. The van der Waals surface area contributed by atoms with Crippen molar-refractivity contribution < 1.29 is 0 Å². The second-order valence-electron chi connectivity index (χ2n) is 6.90. The van der Waals surface area contributed by atoms with Crippen LogP contribution in [0.4, 0.5) is 5.82 Å². The Hall–Kier alpha value is -3.27. The molecular formula is C24H24N4. The molecule has 1 aliphatic heterocycles. The highest BCUT2D eigenvalue weighted by Gasteiger charge is 2.18. The Morgan fingerprint density at radius 3 is 2.86 bits per heavy atom. The van der Waals surface area contributed by atoms with Gasteiger partial charge in [0.2, 0.25) is 0 Å². The van der Waals surface area contributed by atoms with Crippen molar-refractivity contribution in [2.24, 2.45) is 10.9 Å². The number of aliphatic imine (C=N–C) groups is 1. The van der Waals surface area contributed by atoms with Crippen molar-refractivity contribution in [1.29, 1.82) is 0 Å². The number of nitrogens with zero attached hydrogens (tertiary/aromatic N) is 4. The molecule has 0 saturated heterocycles. The summed E-state index contributed by atoms with van der Waals surface area (Å²) in [7, 11) is 2.03. The van der Waals surface area contributed by atoms with Crippen molar-refractivity contribution in [2.75, 3.05) is 25.0 Å². The molecule has 1 aromatic heterocycles. The van der Waals surface area contributed by atoms with Crippen molar-refractivity contribution in [2.45, 2.75) is 6.92 Å². The third-order valence-electron chi connectivity index (χ3n) is 5.07. The monoisotopic (exact) mass is 368 g/mol. The van der Waals surface area contributed by atoms with Gasteiger partial charge in [0.25, 0.3) is 0 Å². The van der Waals surface area contributed by atoms with Crippen LogP contribution in [0.3, 0.4) is 0 Å². The standard InChI is InChI=1S/C24H24N4/c1-3-28(2)22-17-26-23(24(27-22)19-12-7-14-25-15-13-19)21-11-6-10-18-8-4-5-9-20(18)16-21/h4-13,15-17,20H,3,14H2,1-2H3. The highest BCUT2D eigenvalue weighted by molar-refractivity contribution is 5.92. The zero-order valence-electron chi connectivity index (χ0n) is 16.3. The van der Waals surface area contributed by atoms with Crippen LogP contribution in [0.1, 0.15) is 18.3 Å². The van der Waals surface area contributed by atoms with Crippen LogP contribution in [-0.4, -0.2) is 36.3 Å². The summed E-state index contributed by atoms with van der Waals surface area (Å²) >= 11 is 0. The Balaban J connectivity index is 1.83. The SMILES string of the molecule is CCN(C)c1cnc(C2=CC3C=CC=CC3=CC=C2)c(C2=CC=NCC=C2)n1. The van der Waals surface area contributed by atoms with Gasteiger partial charge in [-0.25, -0.2) is 4.98 Å². The smallest absolute Gasteiger partial charge is 0.147 e. The first kappa shape index (κ1) is 18.1. The van der Waals surface area contributed by atoms with Crippen LogP contribution < -0.4 is 4.90 Å². The predicted molar refractivity (Wildman–Crippen MR) is 118 cm³/mol. The highest BCUT2D eigenvalue weighted by Crippen LogP contribution is 2.32. The molecule has 0 spiro atoms. The lowest BCUT2D eigenvalue weighted by atomic mass is 9.92. The molecule has 4 heteroatoms. The summed E-state index contributed by atoms with van der Waals surface area (Å²) in [5.74, 6) is 1.12. The van der Waals surface area contributed by atoms with E-state index >= 15 is 0 Å². The molecule has 2 heterocycles. The van der Waals surface area contributed by atoms with Gasteiger partial charge in [-0.3, -0.25) is 9.98 Å². The van der Waals surface area contributed by atoms with Gasteiger partial charge in [0.05, 0.1) is 24.1 Å². The molecule has 0 aromatic carbocycles. The van der Waals surface area contributed by atoms with E-state index in [-0.39, 0.29) is 5.92 Å². The van der Waals surface area contributed by atoms with Gasteiger partial charge in [0.15, 0.2) is 0 Å². The van der Waals surface area contributed by atoms with E-state index in [4.69, 9.17) is 9.97 Å². The largest absolute Gasteiger partial charge is 0.359 e. The van der Waals surface area contributed by atoms with Gasteiger partial charge in [-0.05, 0) is 24.1 Å². The molecule has 1 aromatic rings. The molecule has 0 N–H and O–H groups in total. The summed E-state index contributed by atoms with van der Waals surface area (Å²) < 4.78 is 0. The van der Waals surface area contributed by atoms with Crippen molar-refractivity contribution in [3.8, 4) is 0 Å². The first-order valence-electron chi connectivity index (χ1n) is 9.67. The van der Waals surface area contributed by atoms with Gasteiger partial charge in [0, 0.05) is 31.3 Å². The number of rotatable bonds is 4. The fourth-order valence-electron chi connectivity index (χ4n) is 3.35. The van der Waals surface area contributed by atoms with E-state index in [0.717, 1.165) is 34.9 Å². The molecule has 1 atom stereocenters. The average Bonchev–Trinajstić information content (AvgIpc) is 3.13. The van der Waals surface area contributed by atoms with Crippen LogP contribution >= 0.6 is 0 Å². The summed E-state index contributed by atoms with van der Waals surface area (Å²) in [6, 6.07) is 0. The second kappa shape index (κ2) is 8.17. The van der Waals surface area contributed by atoms with Crippen molar-refractivity contribution in [3.05, 3.63) is 90.0 Å². The number of allylic oxidation sites excluding steroid dienone is 13. The van der Waals surface area contributed by atoms with E-state index in [1.54, 1.807) is 0 Å². The molecule has 0 bridgehead atoms. The molecule has 0 radical (unpaired) electrons. The van der Waals surface area contributed by atoms with Crippen LogP contribution in [0.25, 0.3) is 11.1 Å². The van der Waals surface area contributed by atoms with Crippen LogP contribution in [0.2, 0.25) is 0 Å². The Labute approximate surface area is 166 Å². The Kier molecular flexibility index (Phi) is 5.29. The maximum Gasteiger partial charge on any atom is 0.147 e. The second-order valence-corrected chi connectivity index (χ2v) is 6.90. The lowest BCUT2D eigenvalue weighted by molar-refractivity contribution is 0.921. The van der Waals surface area contributed by atoms with Gasteiger partial charge >= 0.3 is 0 Å². The van der Waals surface area contributed by atoms with Crippen LogP contribution in [0, 0.1) is 5.92 Å². The van der Waals surface area contributed by atoms with E-state index < -0.39 is 0 Å². The molecule has 1 unspecified atom stereocenters. The normalized spacial score (nSPS) is 20.1. The quantitative estimate of drug-likeness (QED) is 0.781. The number of hydrogen-bond donors (Lipinski definition) is 0. The van der Waals surface area contributed by atoms with E-state index in [9.17, 15) is 0 Å². The summed E-state index contributed by atoms with van der Waals surface area (Å²) in [6.07, 6.45) is 27.1. The number of fused-ring (bicyclic) bond motifs is 1. The molecule has 28 heavy (non-hydrogen) atoms. The molecule has 140 valence electrons. The lowest BCUT2D eigenvalue weighted by Crippen LogP contribution is -2.18. The Morgan fingerprint density at radius 2 is 1.96 bits per heavy atom. The molecule has 0 amide bonds. The first-order chi connectivity index (χ1) is 13.8. The summed E-state index contributed by atoms with van der Waals surface area (Å²) in [5, 5.41) is 0. The number of aromatic nitrogens is 2. The minimum absolute atomic E-state index is 0.253. The third kappa shape index (κ3) is 3.72. The Morgan fingerprint density at radius 1 is 1.04 bits per heavy atom. The van der Waals surface area contributed by atoms with E-state index in [2.05, 4.69) is 77.6 Å². The van der Waals surface area contributed by atoms with Crippen LogP contribution in [0.15, 0.2) is 83.6 Å². The fourth-order valence-corrected chi connectivity index (χ4v) is 3.35. The maximum atomic E-state index is 4.98. The number of hydrogen-bond acceptors (Lipinski definition) is 4. The van der Waals surface area contributed by atoms with Crippen LogP contribution in [-0.2, 0) is 0 Å². The molecule has 3 aliphatic rings. The molecule has 4 nitrogen and oxygen atoms in total. The van der Waals surface area contributed by atoms with Crippen molar-refractivity contribution in [1.82, 2.24) is 9.97 Å². The summed E-state index contributed by atoms with van der Waals surface area (Å²) in [6.45, 7) is 3.67. The summed E-state index contributed by atoms with van der Waals surface area (Å²) in [5.41, 5.74) is 5.18. The van der Waals surface area contributed by atoms with E-state index in [0.29, 0.717) is 6.54 Å². The molecule has 0 fully saturated rings. The zero-order valence-corrected chi connectivity index (χ0v) is 16.3. The van der Waals surface area contributed by atoms with Crippen molar-refractivity contribution in [3.63, 3.8) is 0 Å². The lowest BCUT2D eigenvalue weighted by Gasteiger charge is -2.19. The Bertz CT molecular complexity index is 999.